The Kier molecular flexibility index (Phi) is 7.54. The minimum atomic E-state index is 0. The number of para-hydroxylation sites is 1. The van der Waals surface area contributed by atoms with Crippen molar-refractivity contribution in [3.63, 3.8) is 0 Å². The smallest absolute Gasteiger partial charge is 0.267 e. The zero-order chi connectivity index (χ0) is 28.8. The predicted molar refractivity (Wildman–Crippen MR) is 166 cm³/mol. The van der Waals surface area contributed by atoms with E-state index in [-0.39, 0.29) is 26.5 Å². The molecule has 0 aliphatic rings. The van der Waals surface area contributed by atoms with Crippen LogP contribution in [0.3, 0.4) is 0 Å². The number of aryl methyl sites for hydroxylation is 1. The number of imidazole rings is 1. The van der Waals surface area contributed by atoms with Gasteiger partial charge in [0.15, 0.2) is 0 Å². The molecule has 0 bridgehead atoms. The summed E-state index contributed by atoms with van der Waals surface area (Å²) >= 11 is 0. The van der Waals surface area contributed by atoms with Crippen LogP contribution in [0, 0.1) is 25.4 Å². The van der Waals surface area contributed by atoms with Crippen LogP contribution in [0.15, 0.2) is 110 Å². The Bertz CT molecular complexity index is 2070. The minimum Gasteiger partial charge on any atom is -0.510 e. The van der Waals surface area contributed by atoms with Crippen LogP contribution in [-0.4, -0.2) is 14.1 Å². The molecule has 0 atom stereocenters. The standard InChI is InChI=1S/C37H30N4O.Pt/c1-26-12-14-28(15-13-26)39-20-21-40(25-39)29-8-7-9-30(23-29)42-31-16-17-33-32-10-5-6-11-34(32)41(35(33)24-31)36-22-27(18-19-38-36)37(2,3)4;/h5-22H,1-4H3;/q-2;. The maximum atomic E-state index is 6.34. The van der Waals surface area contributed by atoms with Gasteiger partial charge in [-0.3, -0.25) is 4.57 Å². The molecule has 0 amide bonds. The first-order valence-electron chi connectivity index (χ1n) is 14.1. The molecule has 7 aromatic rings. The predicted octanol–water partition coefficient (Wildman–Crippen LogP) is 8.04. The fourth-order valence-electron chi connectivity index (χ4n) is 5.23. The average Bonchev–Trinajstić information content (AvgIpc) is 3.61. The number of aromatic nitrogens is 4. The zero-order valence-corrected chi connectivity index (χ0v) is 26.7. The summed E-state index contributed by atoms with van der Waals surface area (Å²) in [6.45, 7) is 8.73. The zero-order valence-electron chi connectivity index (χ0n) is 24.4. The molecule has 0 radical (unpaired) electrons. The summed E-state index contributed by atoms with van der Waals surface area (Å²) in [5.41, 5.74) is 6.33. The third-order valence-corrected chi connectivity index (χ3v) is 7.52. The van der Waals surface area contributed by atoms with E-state index >= 15 is 0 Å². The van der Waals surface area contributed by atoms with Gasteiger partial charge in [0.2, 0.25) is 0 Å². The van der Waals surface area contributed by atoms with Crippen LogP contribution >= 0.6 is 0 Å². The molecule has 43 heavy (non-hydrogen) atoms. The summed E-state index contributed by atoms with van der Waals surface area (Å²) in [6.07, 6.45) is 9.20. The molecule has 0 fully saturated rings. The van der Waals surface area contributed by atoms with Crippen LogP contribution in [0.2, 0.25) is 0 Å². The molecular formula is C37H30N4OPt-2. The van der Waals surface area contributed by atoms with Gasteiger partial charge in [0, 0.05) is 56.7 Å². The molecule has 3 heterocycles. The van der Waals surface area contributed by atoms with Crippen LogP contribution in [0.25, 0.3) is 39.0 Å². The van der Waals surface area contributed by atoms with Gasteiger partial charge in [-0.05, 0) is 59.3 Å². The van der Waals surface area contributed by atoms with Crippen LogP contribution in [0.4, 0.5) is 0 Å². The number of hydrogen-bond donors (Lipinski definition) is 0. The van der Waals surface area contributed by atoms with E-state index in [2.05, 4.69) is 117 Å². The summed E-state index contributed by atoms with van der Waals surface area (Å²) in [7, 11) is 0. The Hall–Kier alpha value is -4.47. The van der Waals surface area contributed by atoms with E-state index < -0.39 is 0 Å². The molecule has 0 aliphatic carbocycles. The first-order chi connectivity index (χ1) is 20.3. The molecule has 7 rings (SSSR count). The molecule has 0 N–H and O–H groups in total. The second-order valence-corrected chi connectivity index (χ2v) is 11.6. The van der Waals surface area contributed by atoms with Crippen molar-refractivity contribution in [2.45, 2.75) is 33.1 Å². The Morgan fingerprint density at radius 2 is 1.60 bits per heavy atom. The quantitative estimate of drug-likeness (QED) is 0.132. The number of benzene rings is 4. The Balaban J connectivity index is 0.00000329. The van der Waals surface area contributed by atoms with Crippen molar-refractivity contribution in [3.8, 4) is 28.7 Å². The number of ether oxygens (including phenoxy) is 1. The minimum absolute atomic E-state index is 0. The Morgan fingerprint density at radius 3 is 2.42 bits per heavy atom. The molecule has 0 aliphatic heterocycles. The monoisotopic (exact) mass is 741 g/mol. The van der Waals surface area contributed by atoms with Crippen molar-refractivity contribution in [1.82, 2.24) is 14.1 Å². The summed E-state index contributed by atoms with van der Waals surface area (Å²) in [6, 6.07) is 37.9. The molecule has 0 spiro atoms. The maximum absolute atomic E-state index is 6.34. The van der Waals surface area contributed by atoms with Crippen molar-refractivity contribution in [2.24, 2.45) is 0 Å². The Morgan fingerprint density at radius 1 is 0.814 bits per heavy atom. The van der Waals surface area contributed by atoms with Crippen LogP contribution in [-0.2, 0) is 26.5 Å². The van der Waals surface area contributed by atoms with Gasteiger partial charge in [0.1, 0.15) is 5.82 Å². The fraction of sp³-hybridized carbons (Fsp3) is 0.135. The third-order valence-electron chi connectivity index (χ3n) is 7.52. The van der Waals surface area contributed by atoms with Gasteiger partial charge in [-0.2, -0.15) is 18.2 Å². The van der Waals surface area contributed by atoms with E-state index in [1.54, 1.807) is 0 Å². The summed E-state index contributed by atoms with van der Waals surface area (Å²) in [4.78, 5) is 4.77. The van der Waals surface area contributed by atoms with Crippen molar-refractivity contribution in [1.29, 1.82) is 0 Å². The summed E-state index contributed by atoms with van der Waals surface area (Å²) < 4.78 is 12.4. The molecule has 216 valence electrons. The molecule has 0 unspecified atom stereocenters. The number of fused-ring (bicyclic) bond motifs is 3. The normalized spacial score (nSPS) is 11.5. The van der Waals surface area contributed by atoms with Gasteiger partial charge in [-0.1, -0.05) is 62.2 Å². The third kappa shape index (κ3) is 5.53. The first-order valence-corrected chi connectivity index (χ1v) is 14.1. The van der Waals surface area contributed by atoms with Crippen LogP contribution in [0.1, 0.15) is 31.9 Å². The molecule has 3 aromatic heterocycles. The van der Waals surface area contributed by atoms with E-state index in [4.69, 9.17) is 9.72 Å². The van der Waals surface area contributed by atoms with Crippen LogP contribution in [0.5, 0.6) is 11.5 Å². The van der Waals surface area contributed by atoms with Crippen molar-refractivity contribution in [2.75, 3.05) is 0 Å². The number of pyridine rings is 1. The first kappa shape index (κ1) is 28.6. The van der Waals surface area contributed by atoms with Gasteiger partial charge < -0.3 is 13.9 Å². The SMILES string of the molecule is Cc1ccc(-[n+]2[c-]n(-c3[c-]c(Oc4[c-]c5c(cc4)c4ccccc4n5-c4cc(C(C)(C)C)ccn4)ccc3)cc2)cc1.[Pt]. The summed E-state index contributed by atoms with van der Waals surface area (Å²) in [5, 5.41) is 2.25. The molecule has 5 nitrogen and oxygen atoms in total. The van der Waals surface area contributed by atoms with Crippen molar-refractivity contribution >= 4 is 21.8 Å². The number of rotatable bonds is 5. The van der Waals surface area contributed by atoms with Gasteiger partial charge >= 0.3 is 0 Å². The maximum Gasteiger partial charge on any atom is 0.267 e. The van der Waals surface area contributed by atoms with Gasteiger partial charge in [0.25, 0.3) is 6.33 Å². The second kappa shape index (κ2) is 11.3. The van der Waals surface area contributed by atoms with E-state index in [0.29, 0.717) is 11.5 Å². The fourth-order valence-corrected chi connectivity index (χ4v) is 5.23. The van der Waals surface area contributed by atoms with Crippen molar-refractivity contribution in [3.05, 3.63) is 139 Å². The second-order valence-electron chi connectivity index (χ2n) is 11.6. The Labute approximate surface area is 266 Å². The summed E-state index contributed by atoms with van der Waals surface area (Å²) in [5.74, 6) is 2.07. The molecular weight excluding hydrogens is 712 g/mol. The molecule has 6 heteroatoms. The van der Waals surface area contributed by atoms with Crippen molar-refractivity contribution < 1.29 is 30.4 Å². The van der Waals surface area contributed by atoms with E-state index in [1.165, 1.54) is 11.1 Å². The molecule has 4 aromatic carbocycles. The average molecular weight is 742 g/mol. The van der Waals surface area contributed by atoms with Gasteiger partial charge in [0.05, 0.1) is 5.69 Å². The van der Waals surface area contributed by atoms with Gasteiger partial charge in [-0.15, -0.1) is 29.7 Å². The number of hydrogen-bond acceptors (Lipinski definition) is 2. The topological polar surface area (TPSA) is 35.9 Å². The van der Waals surface area contributed by atoms with Crippen LogP contribution < -0.4 is 9.30 Å². The molecule has 0 saturated carbocycles. The number of nitrogens with zero attached hydrogens (tertiary/aromatic N) is 4. The van der Waals surface area contributed by atoms with E-state index in [1.807, 2.05) is 52.0 Å². The molecule has 0 saturated heterocycles. The van der Waals surface area contributed by atoms with E-state index in [0.717, 1.165) is 39.0 Å². The largest absolute Gasteiger partial charge is 0.510 e. The van der Waals surface area contributed by atoms with Gasteiger partial charge in [-0.25, -0.2) is 4.98 Å². The van der Waals surface area contributed by atoms with E-state index in [9.17, 15) is 0 Å².